The van der Waals surface area contributed by atoms with Gasteiger partial charge in [0.15, 0.2) is 0 Å². The molecule has 2 aromatic rings. The van der Waals surface area contributed by atoms with E-state index >= 15 is 0 Å². The fraction of sp³-hybridized carbons (Fsp3) is 0.786. The minimum absolute atomic E-state index is 0.204. The lowest BCUT2D eigenvalue weighted by molar-refractivity contribution is -0.397. The molecule has 2 aromatic heterocycles. The molecule has 0 bridgehead atoms. The number of hydrogen-bond acceptors (Lipinski definition) is 12. The molecule has 0 aromatic carbocycles. The molecule has 4 heterocycles. The Hall–Kier alpha value is -3.02. The third-order valence-electron chi connectivity index (χ3n) is 8.71. The molecule has 16 heteroatoms. The standard InChI is InChI=1S/2C14H23N5O3/c20-13(10-18-7-4-15-14(18)19(21)22)9-17-6-1-5-16(11-17)8-12-2-3-12;20-13(11-18-4-3-15-14(18)19(21)22)10-17-7-5-16(6-8-17)9-12-1-2-12/h4,7,12-13,20H,1-3,5-6,8-11H2;3-4,12-13,20H,1-2,5-11H2. The van der Waals surface area contributed by atoms with Gasteiger partial charge >= 0.3 is 11.9 Å². The van der Waals surface area contributed by atoms with E-state index < -0.39 is 22.1 Å². The van der Waals surface area contributed by atoms with Gasteiger partial charge in [-0.25, -0.2) is 9.13 Å². The second kappa shape index (κ2) is 15.3. The van der Waals surface area contributed by atoms with Crippen molar-refractivity contribution >= 4 is 11.9 Å². The molecule has 2 aliphatic carbocycles. The highest BCUT2D eigenvalue weighted by Crippen LogP contribution is 2.30. The van der Waals surface area contributed by atoms with Gasteiger partial charge in [-0.15, -0.1) is 0 Å². The Morgan fingerprint density at radius 2 is 1.14 bits per heavy atom. The fourth-order valence-electron chi connectivity index (χ4n) is 6.12. The molecule has 4 fully saturated rings. The summed E-state index contributed by atoms with van der Waals surface area (Å²) >= 11 is 0. The lowest BCUT2D eigenvalue weighted by atomic mass is 10.2. The van der Waals surface area contributed by atoms with Crippen LogP contribution in [0.3, 0.4) is 0 Å². The minimum atomic E-state index is -0.631. The molecular formula is C28H46N10O6. The van der Waals surface area contributed by atoms with Crippen molar-refractivity contribution in [3.63, 3.8) is 0 Å². The van der Waals surface area contributed by atoms with Gasteiger partial charge in [-0.3, -0.25) is 14.7 Å². The van der Waals surface area contributed by atoms with Crippen molar-refractivity contribution in [1.82, 2.24) is 38.7 Å². The van der Waals surface area contributed by atoms with Crippen LogP contribution >= 0.6 is 0 Å². The Labute approximate surface area is 257 Å². The summed E-state index contributed by atoms with van der Waals surface area (Å²) < 4.78 is 2.80. The van der Waals surface area contributed by atoms with Gasteiger partial charge in [0, 0.05) is 65.4 Å². The maximum Gasteiger partial charge on any atom is 0.434 e. The van der Waals surface area contributed by atoms with Crippen LogP contribution in [0.15, 0.2) is 24.8 Å². The maximum atomic E-state index is 10.8. The number of nitrogens with zero attached hydrogens (tertiary/aromatic N) is 10. The van der Waals surface area contributed by atoms with E-state index in [1.165, 1.54) is 72.7 Å². The molecule has 0 radical (unpaired) electrons. The first-order valence-corrected chi connectivity index (χ1v) is 15.8. The Morgan fingerprint density at radius 1 is 0.682 bits per heavy atom. The first-order valence-electron chi connectivity index (χ1n) is 15.8. The van der Waals surface area contributed by atoms with E-state index in [-0.39, 0.29) is 25.0 Å². The summed E-state index contributed by atoms with van der Waals surface area (Å²) in [4.78, 5) is 37.4. The van der Waals surface area contributed by atoms with Gasteiger partial charge in [-0.05, 0) is 53.8 Å². The van der Waals surface area contributed by atoms with Crippen LogP contribution < -0.4 is 0 Å². The normalized spacial score (nSPS) is 21.9. The zero-order valence-electron chi connectivity index (χ0n) is 25.3. The predicted molar refractivity (Wildman–Crippen MR) is 161 cm³/mol. The molecule has 4 aliphatic rings. The number of aromatic nitrogens is 4. The van der Waals surface area contributed by atoms with Crippen LogP contribution in [-0.2, 0) is 13.1 Å². The van der Waals surface area contributed by atoms with Crippen molar-refractivity contribution in [3.05, 3.63) is 45.0 Å². The van der Waals surface area contributed by atoms with Gasteiger partial charge < -0.3 is 35.3 Å². The van der Waals surface area contributed by atoms with Crippen molar-refractivity contribution in [2.45, 2.75) is 57.4 Å². The molecule has 2 saturated heterocycles. The summed E-state index contributed by atoms with van der Waals surface area (Å²) in [6.45, 7) is 10.9. The van der Waals surface area contributed by atoms with E-state index in [0.717, 1.165) is 64.2 Å². The average Bonchev–Trinajstić information content (AvgIpc) is 3.88. The molecule has 244 valence electrons. The van der Waals surface area contributed by atoms with Gasteiger partial charge in [-0.2, -0.15) is 0 Å². The van der Waals surface area contributed by atoms with Crippen LogP contribution in [0.2, 0.25) is 0 Å². The molecule has 2 atom stereocenters. The maximum absolute atomic E-state index is 10.8. The van der Waals surface area contributed by atoms with Crippen LogP contribution in [0.5, 0.6) is 0 Å². The summed E-state index contributed by atoms with van der Waals surface area (Å²) in [5, 5.41) is 42.0. The van der Waals surface area contributed by atoms with Crippen LogP contribution in [0.25, 0.3) is 0 Å². The van der Waals surface area contributed by atoms with E-state index in [4.69, 9.17) is 0 Å². The SMILES string of the molecule is O=[N+]([O-])c1nccn1CC(O)CN1CCCN(CC2CC2)C1.O=[N+]([O-])c1nccn1CC(O)CN1CCN(CC2CC2)CC1. The molecule has 0 spiro atoms. The second-order valence-electron chi connectivity index (χ2n) is 12.7. The average molecular weight is 619 g/mol. The Kier molecular flexibility index (Phi) is 11.3. The van der Waals surface area contributed by atoms with E-state index in [1.54, 1.807) is 0 Å². The smallest absolute Gasteiger partial charge is 0.390 e. The molecule has 2 saturated carbocycles. The minimum Gasteiger partial charge on any atom is -0.390 e. The molecule has 2 aliphatic heterocycles. The number of piperazine rings is 1. The third kappa shape index (κ3) is 10.0. The fourth-order valence-corrected chi connectivity index (χ4v) is 6.12. The van der Waals surface area contributed by atoms with Crippen LogP contribution in [-0.4, -0.2) is 143 Å². The number of imidazole rings is 2. The van der Waals surface area contributed by atoms with Gasteiger partial charge in [0.1, 0.15) is 24.8 Å². The molecule has 16 nitrogen and oxygen atoms in total. The topological polar surface area (TPSA) is 175 Å². The van der Waals surface area contributed by atoms with Crippen LogP contribution in [0.4, 0.5) is 11.9 Å². The Bertz CT molecular complexity index is 1210. The zero-order valence-corrected chi connectivity index (χ0v) is 25.3. The van der Waals surface area contributed by atoms with E-state index in [0.29, 0.717) is 13.1 Å². The summed E-state index contributed by atoms with van der Waals surface area (Å²) in [5.41, 5.74) is 0. The largest absolute Gasteiger partial charge is 0.434 e. The van der Waals surface area contributed by atoms with Crippen LogP contribution in [0.1, 0.15) is 32.1 Å². The van der Waals surface area contributed by atoms with Crippen molar-refractivity contribution in [3.8, 4) is 0 Å². The van der Waals surface area contributed by atoms with Gasteiger partial charge in [0.05, 0.1) is 32.0 Å². The zero-order chi connectivity index (χ0) is 31.1. The first-order chi connectivity index (χ1) is 21.2. The highest BCUT2D eigenvalue weighted by Gasteiger charge is 2.29. The number of β-amino-alcohol motifs (C(OH)–C–C–N with tert-alkyl or cyclic N) is 2. The number of rotatable bonds is 14. The predicted octanol–water partition coefficient (Wildman–Crippen LogP) is 0.707. The number of aliphatic hydroxyl groups excluding tert-OH is 2. The Balaban J connectivity index is 0.000000175. The van der Waals surface area contributed by atoms with Gasteiger partial charge in [-0.1, -0.05) is 9.97 Å². The lowest BCUT2D eigenvalue weighted by Crippen LogP contribution is -2.49. The summed E-state index contributed by atoms with van der Waals surface area (Å²) in [7, 11) is 0. The number of nitro groups is 2. The monoisotopic (exact) mass is 618 g/mol. The molecule has 44 heavy (non-hydrogen) atoms. The van der Waals surface area contributed by atoms with Gasteiger partial charge in [0.2, 0.25) is 0 Å². The van der Waals surface area contributed by atoms with Crippen molar-refractivity contribution in [1.29, 1.82) is 0 Å². The van der Waals surface area contributed by atoms with Crippen molar-refractivity contribution < 1.29 is 20.1 Å². The quantitative estimate of drug-likeness (QED) is 0.224. The summed E-state index contributed by atoms with van der Waals surface area (Å²) in [6.07, 6.45) is 11.2. The number of hydrogen-bond donors (Lipinski definition) is 2. The molecular weight excluding hydrogens is 572 g/mol. The summed E-state index contributed by atoms with van der Waals surface area (Å²) in [6, 6.07) is 0. The van der Waals surface area contributed by atoms with Crippen LogP contribution in [0, 0.1) is 32.1 Å². The lowest BCUT2D eigenvalue weighted by Gasteiger charge is -2.36. The van der Waals surface area contributed by atoms with E-state index in [2.05, 4.69) is 29.6 Å². The molecule has 0 amide bonds. The molecule has 6 rings (SSSR count). The van der Waals surface area contributed by atoms with Crippen molar-refractivity contribution in [2.24, 2.45) is 11.8 Å². The molecule has 2 N–H and O–H groups in total. The van der Waals surface area contributed by atoms with Gasteiger partial charge in [0.25, 0.3) is 0 Å². The highest BCUT2D eigenvalue weighted by atomic mass is 16.6. The Morgan fingerprint density at radius 3 is 1.64 bits per heavy atom. The first kappa shape index (κ1) is 32.4. The van der Waals surface area contributed by atoms with Crippen molar-refractivity contribution in [2.75, 3.05) is 72.1 Å². The summed E-state index contributed by atoms with van der Waals surface area (Å²) in [5.74, 6) is 1.36. The van der Waals surface area contributed by atoms with E-state index in [9.17, 15) is 30.4 Å². The highest BCUT2D eigenvalue weighted by molar-refractivity contribution is 5.07. The number of aliphatic hydroxyl groups is 2. The van der Waals surface area contributed by atoms with E-state index in [1.807, 2.05) is 0 Å². The molecule has 2 unspecified atom stereocenters. The second-order valence-corrected chi connectivity index (χ2v) is 12.7. The third-order valence-corrected chi connectivity index (χ3v) is 8.71.